The smallest absolute Gasteiger partial charge is 0.338 e. The fourth-order valence-electron chi connectivity index (χ4n) is 1.34. The molecule has 0 unspecified atom stereocenters. The van der Waals surface area contributed by atoms with Crippen LogP contribution in [0.1, 0.15) is 21.5 Å². The summed E-state index contributed by atoms with van der Waals surface area (Å²) in [6.45, 7) is 1.89. The Morgan fingerprint density at radius 1 is 1.53 bits per heavy atom. The zero-order valence-electron chi connectivity index (χ0n) is 8.79. The first-order chi connectivity index (χ1) is 7.20. The highest BCUT2D eigenvalue weighted by Gasteiger charge is 2.09. The summed E-state index contributed by atoms with van der Waals surface area (Å²) >= 11 is 5.55. The minimum atomic E-state index is -0.311. The first-order valence-corrected chi connectivity index (χ1v) is 5.14. The molecule has 0 N–H and O–H groups in total. The van der Waals surface area contributed by atoms with Crippen LogP contribution in [-0.2, 0) is 4.74 Å². The van der Waals surface area contributed by atoms with Crippen molar-refractivity contribution in [1.29, 1.82) is 0 Å². The fraction of sp³-hybridized carbons (Fsp3) is 0.250. The summed E-state index contributed by atoms with van der Waals surface area (Å²) in [5.74, 6) is 0.149. The van der Waals surface area contributed by atoms with E-state index in [0.717, 1.165) is 11.1 Å². The molecule has 0 heterocycles. The van der Waals surface area contributed by atoms with Crippen molar-refractivity contribution in [2.45, 2.75) is 6.92 Å². The molecule has 2 nitrogen and oxygen atoms in total. The molecule has 3 heteroatoms. The second-order valence-electron chi connectivity index (χ2n) is 3.07. The summed E-state index contributed by atoms with van der Waals surface area (Å²) in [5.41, 5.74) is 2.48. The normalized spacial score (nSPS) is 10.6. The van der Waals surface area contributed by atoms with Gasteiger partial charge >= 0.3 is 5.97 Å². The SMILES string of the molecule is COC(=O)c1cccc(C=CCCl)c1C. The number of hydrogen-bond acceptors (Lipinski definition) is 2. The van der Waals surface area contributed by atoms with Crippen LogP contribution in [-0.4, -0.2) is 19.0 Å². The Bertz CT molecular complexity index is 383. The van der Waals surface area contributed by atoms with E-state index in [1.165, 1.54) is 7.11 Å². The van der Waals surface area contributed by atoms with Gasteiger partial charge in [0.2, 0.25) is 0 Å². The molecular formula is C12H13ClO2. The van der Waals surface area contributed by atoms with Crippen molar-refractivity contribution in [2.24, 2.45) is 0 Å². The largest absolute Gasteiger partial charge is 0.465 e. The molecule has 1 rings (SSSR count). The van der Waals surface area contributed by atoms with Crippen LogP contribution in [0.5, 0.6) is 0 Å². The standard InChI is InChI=1S/C12H13ClO2/c1-9-10(6-4-8-13)5-3-7-11(9)12(14)15-2/h3-7H,8H2,1-2H3. The quantitative estimate of drug-likeness (QED) is 0.583. The van der Waals surface area contributed by atoms with Crippen molar-refractivity contribution in [1.82, 2.24) is 0 Å². The van der Waals surface area contributed by atoms with Gasteiger partial charge in [-0.1, -0.05) is 24.3 Å². The molecule has 0 radical (unpaired) electrons. The minimum absolute atomic E-state index is 0.311. The minimum Gasteiger partial charge on any atom is -0.465 e. The van der Waals surface area contributed by atoms with Gasteiger partial charge in [0, 0.05) is 5.88 Å². The van der Waals surface area contributed by atoms with Crippen LogP contribution in [0.2, 0.25) is 0 Å². The van der Waals surface area contributed by atoms with Crippen LogP contribution >= 0.6 is 11.6 Å². The molecule has 1 aromatic rings. The molecule has 0 saturated carbocycles. The number of ether oxygens (including phenoxy) is 1. The molecule has 15 heavy (non-hydrogen) atoms. The van der Waals surface area contributed by atoms with E-state index in [9.17, 15) is 4.79 Å². The number of carbonyl (C=O) groups is 1. The molecule has 0 aliphatic carbocycles. The summed E-state index contributed by atoms with van der Waals surface area (Å²) in [4.78, 5) is 11.4. The highest BCUT2D eigenvalue weighted by molar-refractivity contribution is 6.19. The molecule has 0 saturated heterocycles. The molecule has 0 fully saturated rings. The number of benzene rings is 1. The Labute approximate surface area is 94.5 Å². The van der Waals surface area contributed by atoms with Crippen molar-refractivity contribution in [2.75, 3.05) is 13.0 Å². The van der Waals surface area contributed by atoms with Gasteiger partial charge in [0.15, 0.2) is 0 Å². The van der Waals surface area contributed by atoms with Crippen LogP contribution in [0, 0.1) is 6.92 Å². The Balaban J connectivity index is 3.11. The summed E-state index contributed by atoms with van der Waals surface area (Å²) in [5, 5.41) is 0. The summed E-state index contributed by atoms with van der Waals surface area (Å²) in [6.07, 6.45) is 3.74. The van der Waals surface area contributed by atoms with E-state index in [-0.39, 0.29) is 5.97 Å². The van der Waals surface area contributed by atoms with E-state index in [0.29, 0.717) is 11.4 Å². The number of alkyl halides is 1. The Morgan fingerprint density at radius 3 is 2.87 bits per heavy atom. The molecule has 0 spiro atoms. The molecule has 0 aromatic heterocycles. The van der Waals surface area contributed by atoms with Crippen molar-refractivity contribution in [3.63, 3.8) is 0 Å². The van der Waals surface area contributed by atoms with Gasteiger partial charge in [-0.3, -0.25) is 0 Å². The molecule has 0 aliphatic heterocycles. The maximum Gasteiger partial charge on any atom is 0.338 e. The second-order valence-corrected chi connectivity index (χ2v) is 3.38. The van der Waals surface area contributed by atoms with Gasteiger partial charge in [-0.05, 0) is 24.1 Å². The predicted molar refractivity (Wildman–Crippen MR) is 62.3 cm³/mol. The number of hydrogen-bond donors (Lipinski definition) is 0. The lowest BCUT2D eigenvalue weighted by Gasteiger charge is -2.06. The third kappa shape index (κ3) is 2.83. The summed E-state index contributed by atoms with van der Waals surface area (Å²) < 4.78 is 4.69. The van der Waals surface area contributed by atoms with Gasteiger partial charge in [0.1, 0.15) is 0 Å². The number of esters is 1. The van der Waals surface area contributed by atoms with Crippen molar-refractivity contribution in [3.05, 3.63) is 41.0 Å². The van der Waals surface area contributed by atoms with Crippen LogP contribution in [0.15, 0.2) is 24.3 Å². The van der Waals surface area contributed by atoms with Crippen LogP contribution in [0.4, 0.5) is 0 Å². The van der Waals surface area contributed by atoms with Crippen LogP contribution < -0.4 is 0 Å². The lowest BCUT2D eigenvalue weighted by atomic mass is 10.0. The van der Waals surface area contributed by atoms with E-state index in [2.05, 4.69) is 4.74 Å². The van der Waals surface area contributed by atoms with Gasteiger partial charge in [-0.15, -0.1) is 11.6 Å². The monoisotopic (exact) mass is 224 g/mol. The van der Waals surface area contributed by atoms with E-state index in [4.69, 9.17) is 11.6 Å². The molecule has 0 bridgehead atoms. The van der Waals surface area contributed by atoms with Gasteiger partial charge < -0.3 is 4.74 Å². The van der Waals surface area contributed by atoms with E-state index in [1.807, 2.05) is 31.2 Å². The van der Waals surface area contributed by atoms with Crippen molar-refractivity contribution >= 4 is 23.6 Å². The van der Waals surface area contributed by atoms with E-state index >= 15 is 0 Å². The lowest BCUT2D eigenvalue weighted by molar-refractivity contribution is 0.0600. The number of methoxy groups -OCH3 is 1. The molecule has 80 valence electrons. The molecule has 0 aliphatic rings. The van der Waals surface area contributed by atoms with E-state index in [1.54, 1.807) is 6.07 Å². The van der Waals surface area contributed by atoms with Gasteiger partial charge in [0.05, 0.1) is 12.7 Å². The number of carbonyl (C=O) groups excluding carboxylic acids is 1. The van der Waals surface area contributed by atoms with E-state index < -0.39 is 0 Å². The van der Waals surface area contributed by atoms with Gasteiger partial charge in [0.25, 0.3) is 0 Å². The maximum atomic E-state index is 11.4. The topological polar surface area (TPSA) is 26.3 Å². The highest BCUT2D eigenvalue weighted by Crippen LogP contribution is 2.16. The predicted octanol–water partition coefficient (Wildman–Crippen LogP) is 3.03. The van der Waals surface area contributed by atoms with Crippen molar-refractivity contribution in [3.8, 4) is 0 Å². The molecule has 1 aromatic carbocycles. The maximum absolute atomic E-state index is 11.4. The van der Waals surface area contributed by atoms with Crippen molar-refractivity contribution < 1.29 is 9.53 Å². The average molecular weight is 225 g/mol. The van der Waals surface area contributed by atoms with Gasteiger partial charge in [-0.25, -0.2) is 4.79 Å². The summed E-state index contributed by atoms with van der Waals surface area (Å²) in [6, 6.07) is 5.51. The Hall–Kier alpha value is -1.28. The van der Waals surface area contributed by atoms with Crippen LogP contribution in [0.3, 0.4) is 0 Å². The Kier molecular flexibility index (Phi) is 4.37. The number of halogens is 1. The lowest BCUT2D eigenvalue weighted by Crippen LogP contribution is -2.04. The number of allylic oxidation sites excluding steroid dienone is 1. The third-order valence-electron chi connectivity index (χ3n) is 2.17. The van der Waals surface area contributed by atoms with Gasteiger partial charge in [-0.2, -0.15) is 0 Å². The van der Waals surface area contributed by atoms with Crippen LogP contribution in [0.25, 0.3) is 6.08 Å². The molecular weight excluding hydrogens is 212 g/mol. The number of rotatable bonds is 3. The second kappa shape index (κ2) is 5.56. The first kappa shape index (κ1) is 11.8. The highest BCUT2D eigenvalue weighted by atomic mass is 35.5. The molecule has 0 atom stereocenters. The Morgan fingerprint density at radius 2 is 2.27 bits per heavy atom. The summed E-state index contributed by atoms with van der Waals surface area (Å²) in [7, 11) is 1.38. The third-order valence-corrected chi connectivity index (χ3v) is 2.35. The zero-order valence-corrected chi connectivity index (χ0v) is 9.54. The first-order valence-electron chi connectivity index (χ1n) is 4.61. The fourth-order valence-corrected chi connectivity index (χ4v) is 1.43. The average Bonchev–Trinajstić information content (AvgIpc) is 2.27. The molecule has 0 amide bonds. The zero-order chi connectivity index (χ0) is 11.3.